The van der Waals surface area contributed by atoms with Crippen molar-refractivity contribution in [1.82, 2.24) is 4.90 Å². The fourth-order valence-corrected chi connectivity index (χ4v) is 2.29. The van der Waals surface area contributed by atoms with Gasteiger partial charge in [0.15, 0.2) is 0 Å². The van der Waals surface area contributed by atoms with E-state index in [1.54, 1.807) is 0 Å². The highest BCUT2D eigenvalue weighted by molar-refractivity contribution is 5.76. The van der Waals surface area contributed by atoms with Crippen molar-refractivity contribution in [2.75, 3.05) is 26.3 Å². The van der Waals surface area contributed by atoms with E-state index in [1.807, 2.05) is 11.8 Å². The van der Waals surface area contributed by atoms with Gasteiger partial charge in [-0.15, -0.1) is 0 Å². The number of likely N-dealkylation sites (tertiary alicyclic amines) is 1. The predicted molar refractivity (Wildman–Crippen MR) is 64.1 cm³/mol. The lowest BCUT2D eigenvalue weighted by Crippen LogP contribution is -2.42. The number of amides is 1. The third-order valence-corrected chi connectivity index (χ3v) is 3.33. The molecule has 0 bridgehead atoms. The lowest BCUT2D eigenvalue weighted by atomic mass is 10.0. The van der Waals surface area contributed by atoms with E-state index in [0.29, 0.717) is 25.5 Å². The number of hydrogen-bond donors (Lipinski definition) is 1. The summed E-state index contributed by atoms with van der Waals surface area (Å²) in [6.07, 6.45) is 2.48. The smallest absolute Gasteiger partial charge is 0.222 e. The van der Waals surface area contributed by atoms with Gasteiger partial charge in [-0.2, -0.15) is 0 Å². The third-order valence-electron chi connectivity index (χ3n) is 3.33. The van der Waals surface area contributed by atoms with Crippen molar-refractivity contribution in [1.29, 1.82) is 0 Å². The van der Waals surface area contributed by atoms with Crippen molar-refractivity contribution in [3.05, 3.63) is 0 Å². The summed E-state index contributed by atoms with van der Waals surface area (Å²) >= 11 is 0. The highest BCUT2D eigenvalue weighted by Gasteiger charge is 2.32. The summed E-state index contributed by atoms with van der Waals surface area (Å²) in [5, 5.41) is 0. The molecule has 4 heteroatoms. The second-order valence-corrected chi connectivity index (χ2v) is 4.46. The van der Waals surface area contributed by atoms with Gasteiger partial charge in [-0.3, -0.25) is 4.79 Å². The van der Waals surface area contributed by atoms with Crippen LogP contribution in [0.1, 0.15) is 33.1 Å². The fourth-order valence-electron chi connectivity index (χ4n) is 2.29. The Kier molecular flexibility index (Phi) is 5.77. The van der Waals surface area contributed by atoms with Crippen molar-refractivity contribution >= 4 is 5.91 Å². The molecule has 2 atom stereocenters. The van der Waals surface area contributed by atoms with Gasteiger partial charge >= 0.3 is 0 Å². The van der Waals surface area contributed by atoms with E-state index in [1.165, 1.54) is 0 Å². The van der Waals surface area contributed by atoms with Crippen molar-refractivity contribution < 1.29 is 9.53 Å². The third kappa shape index (κ3) is 3.46. The average Bonchev–Trinajstić information content (AvgIpc) is 2.65. The molecule has 1 saturated heterocycles. The van der Waals surface area contributed by atoms with E-state index in [-0.39, 0.29) is 11.9 Å². The second-order valence-electron chi connectivity index (χ2n) is 4.46. The van der Waals surface area contributed by atoms with Gasteiger partial charge in [0.1, 0.15) is 0 Å². The molecule has 1 fully saturated rings. The predicted octanol–water partition coefficient (Wildman–Crippen LogP) is 0.999. The Morgan fingerprint density at radius 2 is 2.31 bits per heavy atom. The quantitative estimate of drug-likeness (QED) is 0.690. The summed E-state index contributed by atoms with van der Waals surface area (Å²) in [6, 6.07) is 0.250. The number of hydrogen-bond acceptors (Lipinski definition) is 3. The van der Waals surface area contributed by atoms with E-state index < -0.39 is 0 Å². The SMILES string of the molecule is CCOCCCC(=O)N1CCC(C)C1CN. The molecule has 1 rings (SSSR count). The zero-order valence-electron chi connectivity index (χ0n) is 10.4. The fraction of sp³-hybridized carbons (Fsp3) is 0.917. The minimum Gasteiger partial charge on any atom is -0.382 e. The summed E-state index contributed by atoms with van der Waals surface area (Å²) in [5.41, 5.74) is 5.71. The molecule has 16 heavy (non-hydrogen) atoms. The first-order valence-corrected chi connectivity index (χ1v) is 6.28. The first-order chi connectivity index (χ1) is 7.70. The van der Waals surface area contributed by atoms with Crippen LogP contribution < -0.4 is 5.73 Å². The topological polar surface area (TPSA) is 55.6 Å². The monoisotopic (exact) mass is 228 g/mol. The van der Waals surface area contributed by atoms with Crippen LogP contribution in [0.5, 0.6) is 0 Å². The Hall–Kier alpha value is -0.610. The molecule has 0 aliphatic carbocycles. The first kappa shape index (κ1) is 13.5. The Labute approximate surface area is 98.1 Å². The Morgan fingerprint density at radius 1 is 1.56 bits per heavy atom. The van der Waals surface area contributed by atoms with E-state index in [9.17, 15) is 4.79 Å². The van der Waals surface area contributed by atoms with Gasteiger partial charge in [0, 0.05) is 38.8 Å². The highest BCUT2D eigenvalue weighted by Crippen LogP contribution is 2.23. The molecule has 0 radical (unpaired) electrons. The maximum atomic E-state index is 11.9. The maximum absolute atomic E-state index is 11.9. The van der Waals surface area contributed by atoms with Gasteiger partial charge in [0.05, 0.1) is 0 Å². The van der Waals surface area contributed by atoms with E-state index in [2.05, 4.69) is 6.92 Å². The van der Waals surface area contributed by atoms with Gasteiger partial charge in [-0.05, 0) is 25.7 Å². The van der Waals surface area contributed by atoms with Crippen LogP contribution in [-0.4, -0.2) is 43.2 Å². The molecule has 1 aliphatic heterocycles. The van der Waals surface area contributed by atoms with Crippen molar-refractivity contribution in [2.24, 2.45) is 11.7 Å². The van der Waals surface area contributed by atoms with Crippen LogP contribution in [0, 0.1) is 5.92 Å². The van der Waals surface area contributed by atoms with Crippen molar-refractivity contribution in [3.8, 4) is 0 Å². The molecular weight excluding hydrogens is 204 g/mol. The van der Waals surface area contributed by atoms with Crippen LogP contribution >= 0.6 is 0 Å². The number of rotatable bonds is 6. The molecule has 0 aromatic heterocycles. The van der Waals surface area contributed by atoms with Crippen LogP contribution in [0.25, 0.3) is 0 Å². The summed E-state index contributed by atoms with van der Waals surface area (Å²) in [6.45, 7) is 6.99. The highest BCUT2D eigenvalue weighted by atomic mass is 16.5. The summed E-state index contributed by atoms with van der Waals surface area (Å²) < 4.78 is 5.23. The van der Waals surface area contributed by atoms with Gasteiger partial charge in [0.25, 0.3) is 0 Å². The number of nitrogens with two attached hydrogens (primary N) is 1. The number of carbonyl (C=O) groups excluding carboxylic acids is 1. The maximum Gasteiger partial charge on any atom is 0.222 e. The van der Waals surface area contributed by atoms with E-state index in [0.717, 1.165) is 26.0 Å². The summed E-state index contributed by atoms with van der Waals surface area (Å²) in [5.74, 6) is 0.778. The van der Waals surface area contributed by atoms with Crippen LogP contribution in [0.15, 0.2) is 0 Å². The van der Waals surface area contributed by atoms with Crippen LogP contribution in [0.4, 0.5) is 0 Å². The second kappa shape index (κ2) is 6.86. The molecule has 4 nitrogen and oxygen atoms in total. The Morgan fingerprint density at radius 3 is 2.94 bits per heavy atom. The van der Waals surface area contributed by atoms with Crippen molar-refractivity contribution in [2.45, 2.75) is 39.2 Å². The minimum absolute atomic E-state index is 0.236. The van der Waals surface area contributed by atoms with Crippen LogP contribution in [-0.2, 0) is 9.53 Å². The number of carbonyl (C=O) groups is 1. The lowest BCUT2D eigenvalue weighted by Gasteiger charge is -2.25. The van der Waals surface area contributed by atoms with Gasteiger partial charge in [0.2, 0.25) is 5.91 Å². The van der Waals surface area contributed by atoms with E-state index in [4.69, 9.17) is 10.5 Å². The van der Waals surface area contributed by atoms with E-state index >= 15 is 0 Å². The molecule has 1 amide bonds. The molecule has 0 aromatic rings. The van der Waals surface area contributed by atoms with Crippen LogP contribution in [0.3, 0.4) is 0 Å². The first-order valence-electron chi connectivity index (χ1n) is 6.28. The molecule has 2 N–H and O–H groups in total. The molecule has 1 heterocycles. The normalized spacial score (nSPS) is 25.1. The number of ether oxygens (including phenoxy) is 1. The van der Waals surface area contributed by atoms with Gasteiger partial charge in [-0.1, -0.05) is 6.92 Å². The zero-order valence-corrected chi connectivity index (χ0v) is 10.4. The average molecular weight is 228 g/mol. The molecular formula is C12H24N2O2. The van der Waals surface area contributed by atoms with Gasteiger partial charge < -0.3 is 15.4 Å². The molecule has 94 valence electrons. The van der Waals surface area contributed by atoms with Crippen LogP contribution in [0.2, 0.25) is 0 Å². The van der Waals surface area contributed by atoms with Crippen molar-refractivity contribution in [3.63, 3.8) is 0 Å². The molecule has 1 aliphatic rings. The summed E-state index contributed by atoms with van der Waals surface area (Å²) in [7, 11) is 0. The Balaban J connectivity index is 2.30. The Bertz CT molecular complexity index is 221. The summed E-state index contributed by atoms with van der Waals surface area (Å²) in [4.78, 5) is 13.9. The molecule has 2 unspecified atom stereocenters. The standard InChI is InChI=1S/C12H24N2O2/c1-3-16-8-4-5-12(15)14-7-6-10(2)11(14)9-13/h10-11H,3-9,13H2,1-2H3. The molecule has 0 saturated carbocycles. The number of nitrogens with zero attached hydrogens (tertiary/aromatic N) is 1. The molecule has 0 aromatic carbocycles. The minimum atomic E-state index is 0.236. The lowest BCUT2D eigenvalue weighted by molar-refractivity contribution is -0.132. The van der Waals surface area contributed by atoms with Gasteiger partial charge in [-0.25, -0.2) is 0 Å². The molecule has 0 spiro atoms. The largest absolute Gasteiger partial charge is 0.382 e. The zero-order chi connectivity index (χ0) is 12.0.